The largest absolute Gasteiger partial charge is 0.337 e. The SMILES string of the molecule is CCNC(C)(C)c1nc(CSc2ccccc2Br)no1. The van der Waals surface area contributed by atoms with Crippen LogP contribution in [0, 0.1) is 0 Å². The molecule has 20 heavy (non-hydrogen) atoms. The summed E-state index contributed by atoms with van der Waals surface area (Å²) in [5.74, 6) is 2.03. The van der Waals surface area contributed by atoms with Crippen LogP contribution in [0.25, 0.3) is 0 Å². The van der Waals surface area contributed by atoms with Gasteiger partial charge in [0.15, 0.2) is 5.82 Å². The summed E-state index contributed by atoms with van der Waals surface area (Å²) in [6.45, 7) is 6.99. The van der Waals surface area contributed by atoms with Crippen molar-refractivity contribution in [1.82, 2.24) is 15.5 Å². The zero-order valence-electron chi connectivity index (χ0n) is 11.8. The molecule has 0 radical (unpaired) electrons. The topological polar surface area (TPSA) is 51.0 Å². The standard InChI is InChI=1S/C14H18BrN3OS/c1-4-16-14(2,3)13-17-12(18-19-13)9-20-11-8-6-5-7-10(11)15/h5-8,16H,4,9H2,1-3H3. The maximum Gasteiger partial charge on any atom is 0.246 e. The number of thioether (sulfide) groups is 1. The minimum atomic E-state index is -0.294. The molecule has 6 heteroatoms. The first-order valence-corrected chi connectivity index (χ1v) is 8.26. The molecular formula is C14H18BrN3OS. The van der Waals surface area contributed by atoms with Gasteiger partial charge in [0.05, 0.1) is 11.3 Å². The molecule has 0 spiro atoms. The second kappa shape index (κ2) is 6.74. The van der Waals surface area contributed by atoms with Crippen LogP contribution in [0.3, 0.4) is 0 Å². The Labute approximate surface area is 131 Å². The summed E-state index contributed by atoms with van der Waals surface area (Å²) in [7, 11) is 0. The highest BCUT2D eigenvalue weighted by Crippen LogP contribution is 2.29. The number of nitrogens with zero attached hydrogens (tertiary/aromatic N) is 2. The number of benzene rings is 1. The lowest BCUT2D eigenvalue weighted by molar-refractivity contribution is 0.271. The van der Waals surface area contributed by atoms with Crippen molar-refractivity contribution in [3.05, 3.63) is 40.5 Å². The third kappa shape index (κ3) is 3.84. The summed E-state index contributed by atoms with van der Waals surface area (Å²) < 4.78 is 6.44. The molecule has 1 aromatic heterocycles. The average Bonchev–Trinajstić information content (AvgIpc) is 2.87. The highest BCUT2D eigenvalue weighted by Gasteiger charge is 2.26. The molecule has 0 bridgehead atoms. The van der Waals surface area contributed by atoms with E-state index in [-0.39, 0.29) is 5.54 Å². The van der Waals surface area contributed by atoms with Crippen molar-refractivity contribution >= 4 is 27.7 Å². The molecule has 108 valence electrons. The molecular weight excluding hydrogens is 338 g/mol. The van der Waals surface area contributed by atoms with E-state index in [2.05, 4.69) is 44.4 Å². The molecule has 0 unspecified atom stereocenters. The fraction of sp³-hybridized carbons (Fsp3) is 0.429. The van der Waals surface area contributed by atoms with E-state index in [4.69, 9.17) is 4.52 Å². The van der Waals surface area contributed by atoms with Gasteiger partial charge >= 0.3 is 0 Å². The lowest BCUT2D eigenvalue weighted by Gasteiger charge is -2.20. The van der Waals surface area contributed by atoms with E-state index in [1.54, 1.807) is 11.8 Å². The van der Waals surface area contributed by atoms with Crippen LogP contribution >= 0.6 is 27.7 Å². The molecule has 0 fully saturated rings. The number of nitrogens with one attached hydrogen (secondary N) is 1. The van der Waals surface area contributed by atoms with Gasteiger partial charge in [-0.05, 0) is 48.5 Å². The first kappa shape index (κ1) is 15.5. The molecule has 0 aliphatic heterocycles. The molecule has 0 atom stereocenters. The second-order valence-electron chi connectivity index (χ2n) is 4.89. The van der Waals surface area contributed by atoms with E-state index in [1.165, 1.54) is 4.90 Å². The minimum Gasteiger partial charge on any atom is -0.337 e. The van der Waals surface area contributed by atoms with Crippen LogP contribution in [-0.4, -0.2) is 16.7 Å². The maximum atomic E-state index is 5.35. The zero-order valence-corrected chi connectivity index (χ0v) is 14.2. The number of halogens is 1. The fourth-order valence-corrected chi connectivity index (χ4v) is 3.20. The first-order chi connectivity index (χ1) is 9.53. The van der Waals surface area contributed by atoms with E-state index in [9.17, 15) is 0 Å². The van der Waals surface area contributed by atoms with Crippen molar-refractivity contribution < 1.29 is 4.52 Å². The van der Waals surface area contributed by atoms with Crippen LogP contribution in [0.4, 0.5) is 0 Å². The second-order valence-corrected chi connectivity index (χ2v) is 6.76. The molecule has 0 amide bonds. The third-order valence-corrected chi connectivity index (χ3v) is 4.84. The van der Waals surface area contributed by atoms with Crippen LogP contribution in [0.15, 0.2) is 38.2 Å². The monoisotopic (exact) mass is 355 g/mol. The van der Waals surface area contributed by atoms with E-state index in [1.807, 2.05) is 32.0 Å². The van der Waals surface area contributed by atoms with Gasteiger partial charge in [-0.15, -0.1) is 11.8 Å². The van der Waals surface area contributed by atoms with Crippen molar-refractivity contribution in [3.8, 4) is 0 Å². The van der Waals surface area contributed by atoms with Gasteiger partial charge in [0.2, 0.25) is 5.89 Å². The van der Waals surface area contributed by atoms with Crippen molar-refractivity contribution in [2.45, 2.75) is 37.0 Å². The van der Waals surface area contributed by atoms with Gasteiger partial charge in [0.25, 0.3) is 0 Å². The van der Waals surface area contributed by atoms with Gasteiger partial charge in [0, 0.05) is 9.37 Å². The summed E-state index contributed by atoms with van der Waals surface area (Å²) in [6, 6.07) is 8.11. The number of rotatable bonds is 6. The summed E-state index contributed by atoms with van der Waals surface area (Å²) in [6.07, 6.45) is 0. The highest BCUT2D eigenvalue weighted by molar-refractivity contribution is 9.10. The zero-order chi connectivity index (χ0) is 14.6. The quantitative estimate of drug-likeness (QED) is 0.794. The number of aromatic nitrogens is 2. The van der Waals surface area contributed by atoms with Crippen LogP contribution < -0.4 is 5.32 Å². The van der Waals surface area contributed by atoms with Crippen molar-refractivity contribution in [3.63, 3.8) is 0 Å². The lowest BCUT2D eigenvalue weighted by atomic mass is 10.1. The predicted octanol–water partition coefficient (Wildman–Crippen LogP) is 3.97. The Morgan fingerprint density at radius 2 is 2.10 bits per heavy atom. The molecule has 4 nitrogen and oxygen atoms in total. The first-order valence-electron chi connectivity index (χ1n) is 6.48. The van der Waals surface area contributed by atoms with Crippen molar-refractivity contribution in [2.24, 2.45) is 0 Å². The van der Waals surface area contributed by atoms with Crippen LogP contribution in [0.5, 0.6) is 0 Å². The Balaban J connectivity index is 2.02. The molecule has 2 rings (SSSR count). The maximum absolute atomic E-state index is 5.35. The Bertz CT molecular complexity index is 571. The van der Waals surface area contributed by atoms with Gasteiger partial charge in [-0.3, -0.25) is 0 Å². The summed E-state index contributed by atoms with van der Waals surface area (Å²) in [4.78, 5) is 5.64. The van der Waals surface area contributed by atoms with E-state index in [0.29, 0.717) is 17.5 Å². The summed E-state index contributed by atoms with van der Waals surface area (Å²) in [5, 5.41) is 7.37. The van der Waals surface area contributed by atoms with E-state index < -0.39 is 0 Å². The predicted molar refractivity (Wildman–Crippen MR) is 84.7 cm³/mol. The van der Waals surface area contributed by atoms with Crippen LogP contribution in [0.1, 0.15) is 32.5 Å². The summed E-state index contributed by atoms with van der Waals surface area (Å²) >= 11 is 5.22. The van der Waals surface area contributed by atoms with Gasteiger partial charge in [-0.25, -0.2) is 0 Å². The Hall–Kier alpha value is -0.850. The molecule has 1 heterocycles. The normalized spacial score (nSPS) is 11.8. The smallest absolute Gasteiger partial charge is 0.246 e. The van der Waals surface area contributed by atoms with Gasteiger partial charge in [0.1, 0.15) is 0 Å². The molecule has 0 aliphatic rings. The summed E-state index contributed by atoms with van der Waals surface area (Å²) in [5.41, 5.74) is -0.294. The molecule has 0 aliphatic carbocycles. The number of hydrogen-bond acceptors (Lipinski definition) is 5. The van der Waals surface area contributed by atoms with Crippen LogP contribution in [0.2, 0.25) is 0 Å². The van der Waals surface area contributed by atoms with Gasteiger partial charge < -0.3 is 9.84 Å². The number of hydrogen-bond donors (Lipinski definition) is 1. The van der Waals surface area contributed by atoms with Gasteiger partial charge in [-0.2, -0.15) is 4.98 Å². The Kier molecular flexibility index (Phi) is 5.23. The highest BCUT2D eigenvalue weighted by atomic mass is 79.9. The van der Waals surface area contributed by atoms with Crippen LogP contribution in [-0.2, 0) is 11.3 Å². The van der Waals surface area contributed by atoms with Crippen molar-refractivity contribution in [1.29, 1.82) is 0 Å². The molecule has 2 aromatic rings. The Morgan fingerprint density at radius 3 is 2.80 bits per heavy atom. The Morgan fingerprint density at radius 1 is 1.35 bits per heavy atom. The fourth-order valence-electron chi connectivity index (χ4n) is 1.79. The molecule has 0 saturated carbocycles. The van der Waals surface area contributed by atoms with E-state index >= 15 is 0 Å². The lowest BCUT2D eigenvalue weighted by Crippen LogP contribution is -2.36. The molecule has 0 saturated heterocycles. The molecule has 1 N–H and O–H groups in total. The average molecular weight is 356 g/mol. The molecule has 1 aromatic carbocycles. The minimum absolute atomic E-state index is 0.294. The van der Waals surface area contributed by atoms with Crippen molar-refractivity contribution in [2.75, 3.05) is 6.54 Å². The van der Waals surface area contributed by atoms with E-state index in [0.717, 1.165) is 11.0 Å². The van der Waals surface area contributed by atoms with Gasteiger partial charge in [-0.1, -0.05) is 24.2 Å². The third-order valence-electron chi connectivity index (χ3n) is 2.81.